The normalized spacial score (nSPS) is 19.5. The van der Waals surface area contributed by atoms with E-state index in [-0.39, 0.29) is 6.04 Å². The van der Waals surface area contributed by atoms with E-state index in [2.05, 4.69) is 17.6 Å². The van der Waals surface area contributed by atoms with Crippen molar-refractivity contribution in [3.8, 4) is 0 Å². The van der Waals surface area contributed by atoms with Gasteiger partial charge in [-0.2, -0.15) is 0 Å². The Morgan fingerprint density at radius 1 is 1.22 bits per heavy atom. The maximum Gasteiger partial charge on any atom is 0.0488 e. The second-order valence-electron chi connectivity index (χ2n) is 5.40. The Balaban J connectivity index is 2.17. The first kappa shape index (κ1) is 13.9. The molecular formula is C15H23ClN2. The van der Waals surface area contributed by atoms with Gasteiger partial charge < -0.3 is 0 Å². The van der Waals surface area contributed by atoms with Gasteiger partial charge in [-0.25, -0.2) is 0 Å². The first-order valence-electron chi connectivity index (χ1n) is 6.94. The average molecular weight is 267 g/mol. The molecule has 1 unspecified atom stereocenters. The second-order valence-corrected chi connectivity index (χ2v) is 5.81. The molecule has 3 N–H and O–H groups in total. The van der Waals surface area contributed by atoms with Crippen molar-refractivity contribution in [1.29, 1.82) is 0 Å². The lowest BCUT2D eigenvalue weighted by Gasteiger charge is -2.26. The zero-order valence-electron chi connectivity index (χ0n) is 11.1. The smallest absolute Gasteiger partial charge is 0.0488 e. The maximum absolute atomic E-state index is 6.09. The van der Waals surface area contributed by atoms with E-state index < -0.39 is 0 Å². The van der Waals surface area contributed by atoms with Gasteiger partial charge in [0.25, 0.3) is 0 Å². The number of rotatable bonds is 3. The van der Waals surface area contributed by atoms with Gasteiger partial charge in [0.1, 0.15) is 0 Å². The van der Waals surface area contributed by atoms with Crippen LogP contribution in [-0.4, -0.2) is 0 Å². The summed E-state index contributed by atoms with van der Waals surface area (Å²) in [4.78, 5) is 0. The van der Waals surface area contributed by atoms with Crippen molar-refractivity contribution in [2.24, 2.45) is 11.8 Å². The van der Waals surface area contributed by atoms with Gasteiger partial charge in [-0.15, -0.1) is 0 Å². The van der Waals surface area contributed by atoms with Crippen LogP contribution in [0.1, 0.15) is 55.7 Å². The van der Waals surface area contributed by atoms with Crippen LogP contribution in [0.15, 0.2) is 18.2 Å². The highest BCUT2D eigenvalue weighted by Gasteiger charge is 2.23. The quantitative estimate of drug-likeness (QED) is 0.491. The molecule has 0 radical (unpaired) electrons. The third-order valence-corrected chi connectivity index (χ3v) is 4.52. The Hall–Kier alpha value is -0.570. The first-order chi connectivity index (χ1) is 8.72. The van der Waals surface area contributed by atoms with Gasteiger partial charge in [0, 0.05) is 11.1 Å². The number of nitrogens with one attached hydrogen (secondary N) is 1. The third-order valence-electron chi connectivity index (χ3n) is 4.09. The van der Waals surface area contributed by atoms with Crippen molar-refractivity contribution in [1.82, 2.24) is 5.43 Å². The molecule has 0 saturated heterocycles. The fraction of sp³-hybridized carbons (Fsp3) is 0.600. The Labute approximate surface area is 115 Å². The number of benzene rings is 1. The molecule has 0 heterocycles. The van der Waals surface area contributed by atoms with Crippen LogP contribution in [0.4, 0.5) is 0 Å². The van der Waals surface area contributed by atoms with Crippen LogP contribution in [0.2, 0.25) is 5.02 Å². The Kier molecular flexibility index (Phi) is 5.04. The molecule has 2 nitrogen and oxygen atoms in total. The fourth-order valence-corrected chi connectivity index (χ4v) is 3.13. The van der Waals surface area contributed by atoms with Gasteiger partial charge >= 0.3 is 0 Å². The van der Waals surface area contributed by atoms with Crippen molar-refractivity contribution in [2.75, 3.05) is 0 Å². The minimum atomic E-state index is 0.263. The molecule has 1 atom stereocenters. The Morgan fingerprint density at radius 2 is 1.89 bits per heavy atom. The van der Waals surface area contributed by atoms with Crippen LogP contribution in [0, 0.1) is 12.8 Å². The van der Waals surface area contributed by atoms with Crippen LogP contribution < -0.4 is 11.3 Å². The molecule has 1 saturated carbocycles. The summed E-state index contributed by atoms with van der Waals surface area (Å²) in [6.45, 7) is 2.05. The molecule has 1 fully saturated rings. The highest BCUT2D eigenvalue weighted by molar-refractivity contribution is 6.31. The number of hydrogen-bond acceptors (Lipinski definition) is 2. The van der Waals surface area contributed by atoms with Gasteiger partial charge in [-0.3, -0.25) is 11.3 Å². The van der Waals surface area contributed by atoms with Crippen molar-refractivity contribution in [3.05, 3.63) is 34.3 Å². The second kappa shape index (κ2) is 6.55. The summed E-state index contributed by atoms with van der Waals surface area (Å²) in [5.74, 6) is 6.44. The van der Waals surface area contributed by atoms with Crippen LogP contribution in [0.3, 0.4) is 0 Å². The van der Waals surface area contributed by atoms with Gasteiger partial charge in [0.05, 0.1) is 0 Å². The summed E-state index contributed by atoms with van der Waals surface area (Å²) in [7, 11) is 0. The van der Waals surface area contributed by atoms with Crippen LogP contribution in [0.5, 0.6) is 0 Å². The van der Waals surface area contributed by atoms with E-state index in [1.807, 2.05) is 13.0 Å². The monoisotopic (exact) mass is 266 g/mol. The fourth-order valence-electron chi connectivity index (χ4n) is 3.01. The summed E-state index contributed by atoms with van der Waals surface area (Å²) >= 11 is 6.09. The molecule has 18 heavy (non-hydrogen) atoms. The van der Waals surface area contributed by atoms with Crippen LogP contribution in [-0.2, 0) is 0 Å². The molecule has 0 bridgehead atoms. The van der Waals surface area contributed by atoms with E-state index in [4.69, 9.17) is 17.4 Å². The molecule has 1 aliphatic rings. The summed E-state index contributed by atoms with van der Waals surface area (Å²) in [5.41, 5.74) is 5.42. The molecule has 3 heteroatoms. The molecule has 0 spiro atoms. The standard InChI is InChI=1S/C15H23ClN2/c1-11-10-13(8-9-14(11)16)15(18-17)12-6-4-2-3-5-7-12/h8-10,12,15,18H,2-7,17H2,1H3. The van der Waals surface area contributed by atoms with Crippen molar-refractivity contribution in [2.45, 2.75) is 51.5 Å². The predicted octanol–water partition coefficient (Wildman–Crippen LogP) is 4.12. The van der Waals surface area contributed by atoms with E-state index >= 15 is 0 Å². The Bertz CT molecular complexity index is 384. The molecule has 2 rings (SSSR count). The first-order valence-corrected chi connectivity index (χ1v) is 7.32. The molecule has 1 aromatic carbocycles. The van der Waals surface area contributed by atoms with Gasteiger partial charge in [0.15, 0.2) is 0 Å². The number of aryl methyl sites for hydroxylation is 1. The van der Waals surface area contributed by atoms with E-state index in [1.54, 1.807) is 0 Å². The number of halogens is 1. The molecule has 1 aromatic rings. The Morgan fingerprint density at radius 3 is 2.44 bits per heavy atom. The van der Waals surface area contributed by atoms with Gasteiger partial charge in [-0.05, 0) is 42.9 Å². The molecule has 1 aliphatic carbocycles. The lowest BCUT2D eigenvalue weighted by atomic mass is 9.87. The molecular weight excluding hydrogens is 244 g/mol. The number of hydrazine groups is 1. The molecule has 0 aromatic heterocycles. The largest absolute Gasteiger partial charge is 0.271 e. The predicted molar refractivity (Wildman–Crippen MR) is 77.4 cm³/mol. The maximum atomic E-state index is 6.09. The van der Waals surface area contributed by atoms with Crippen molar-refractivity contribution >= 4 is 11.6 Å². The molecule has 100 valence electrons. The zero-order chi connectivity index (χ0) is 13.0. The van der Waals surface area contributed by atoms with E-state index in [0.29, 0.717) is 5.92 Å². The van der Waals surface area contributed by atoms with E-state index in [9.17, 15) is 0 Å². The molecule has 0 aliphatic heterocycles. The van der Waals surface area contributed by atoms with Crippen LogP contribution in [0.25, 0.3) is 0 Å². The summed E-state index contributed by atoms with van der Waals surface area (Å²) in [6, 6.07) is 6.51. The summed E-state index contributed by atoms with van der Waals surface area (Å²) in [6.07, 6.45) is 7.94. The summed E-state index contributed by atoms with van der Waals surface area (Å²) in [5, 5.41) is 0.829. The van der Waals surface area contributed by atoms with Crippen molar-refractivity contribution in [3.63, 3.8) is 0 Å². The third kappa shape index (κ3) is 3.25. The highest BCUT2D eigenvalue weighted by Crippen LogP contribution is 2.34. The minimum Gasteiger partial charge on any atom is -0.271 e. The van der Waals surface area contributed by atoms with E-state index in [0.717, 1.165) is 10.6 Å². The highest BCUT2D eigenvalue weighted by atomic mass is 35.5. The van der Waals surface area contributed by atoms with E-state index in [1.165, 1.54) is 44.1 Å². The minimum absolute atomic E-state index is 0.263. The zero-order valence-corrected chi connectivity index (χ0v) is 11.8. The summed E-state index contributed by atoms with van der Waals surface area (Å²) < 4.78 is 0. The lowest BCUT2D eigenvalue weighted by molar-refractivity contribution is 0.329. The van der Waals surface area contributed by atoms with Gasteiger partial charge in [0.2, 0.25) is 0 Å². The molecule has 0 amide bonds. The lowest BCUT2D eigenvalue weighted by Crippen LogP contribution is -2.33. The SMILES string of the molecule is Cc1cc(C(NN)C2CCCCCC2)ccc1Cl. The topological polar surface area (TPSA) is 38.0 Å². The van der Waals surface area contributed by atoms with Crippen LogP contribution >= 0.6 is 11.6 Å². The number of hydrogen-bond donors (Lipinski definition) is 2. The average Bonchev–Trinajstić information content (AvgIpc) is 2.64. The van der Waals surface area contributed by atoms with Gasteiger partial charge in [-0.1, -0.05) is 49.4 Å². The number of nitrogens with two attached hydrogens (primary N) is 1. The van der Waals surface area contributed by atoms with Crippen molar-refractivity contribution < 1.29 is 0 Å².